The summed E-state index contributed by atoms with van der Waals surface area (Å²) in [6.07, 6.45) is 0. The number of carbonyl (C=O) groups excluding carboxylic acids is 1. The zero-order chi connectivity index (χ0) is 16.1. The Morgan fingerprint density at radius 1 is 1.32 bits per heavy atom. The third-order valence-corrected chi connectivity index (χ3v) is 5.60. The summed E-state index contributed by atoms with van der Waals surface area (Å²) in [5.74, 6) is -0.550. The van der Waals surface area contributed by atoms with Crippen molar-refractivity contribution in [1.82, 2.24) is 9.55 Å². The molecule has 2 aromatic rings. The molecular formula is C13H11Cl2N3O3S. The third kappa shape index (κ3) is 2.39. The Balaban J connectivity index is 2.02. The first-order chi connectivity index (χ1) is 10.3. The van der Waals surface area contributed by atoms with Gasteiger partial charge in [0.05, 0.1) is 27.2 Å². The average molecular weight is 360 g/mol. The Morgan fingerprint density at radius 3 is 2.59 bits per heavy atom. The molecule has 2 heterocycles. The number of benzene rings is 1. The van der Waals surface area contributed by atoms with Gasteiger partial charge >= 0.3 is 0 Å². The van der Waals surface area contributed by atoms with Crippen molar-refractivity contribution in [2.24, 2.45) is 0 Å². The van der Waals surface area contributed by atoms with Crippen molar-refractivity contribution in [2.45, 2.75) is 18.6 Å². The Kier molecular flexibility index (Phi) is 3.66. The van der Waals surface area contributed by atoms with Gasteiger partial charge in [0.2, 0.25) is 15.0 Å². The molecule has 0 unspecified atom stereocenters. The lowest BCUT2D eigenvalue weighted by molar-refractivity contribution is 0.101. The smallest absolute Gasteiger partial charge is 0.274 e. The summed E-state index contributed by atoms with van der Waals surface area (Å²) in [5.41, 5.74) is 0.831. The second-order valence-corrected chi connectivity index (χ2v) is 7.67. The van der Waals surface area contributed by atoms with Gasteiger partial charge < -0.3 is 9.88 Å². The molecule has 9 heteroatoms. The molecule has 0 aliphatic carbocycles. The van der Waals surface area contributed by atoms with Crippen molar-refractivity contribution in [1.29, 1.82) is 0 Å². The lowest BCUT2D eigenvalue weighted by Gasteiger charge is -2.10. The molecule has 1 amide bonds. The van der Waals surface area contributed by atoms with E-state index in [0.29, 0.717) is 15.7 Å². The van der Waals surface area contributed by atoms with Crippen LogP contribution in [0.25, 0.3) is 0 Å². The van der Waals surface area contributed by atoms with Crippen molar-refractivity contribution in [3.63, 3.8) is 0 Å². The van der Waals surface area contributed by atoms with Crippen molar-refractivity contribution in [3.8, 4) is 0 Å². The summed E-state index contributed by atoms with van der Waals surface area (Å²) < 4.78 is 25.1. The van der Waals surface area contributed by atoms with E-state index in [9.17, 15) is 13.2 Å². The van der Waals surface area contributed by atoms with Crippen LogP contribution < -0.4 is 5.32 Å². The third-order valence-electron chi connectivity index (χ3n) is 3.39. The van der Waals surface area contributed by atoms with Crippen LogP contribution in [0, 0.1) is 6.92 Å². The van der Waals surface area contributed by atoms with Gasteiger partial charge in [0.25, 0.3) is 5.91 Å². The molecule has 0 radical (unpaired) electrons. The molecule has 0 atom stereocenters. The molecule has 116 valence electrons. The monoisotopic (exact) mass is 359 g/mol. The molecule has 1 aliphatic rings. The zero-order valence-corrected chi connectivity index (χ0v) is 13.8. The van der Waals surface area contributed by atoms with Crippen molar-refractivity contribution in [3.05, 3.63) is 39.6 Å². The predicted octanol–water partition coefficient (Wildman–Crippen LogP) is 2.54. The molecule has 0 bridgehead atoms. The highest BCUT2D eigenvalue weighted by molar-refractivity contribution is 7.91. The molecule has 0 fully saturated rings. The summed E-state index contributed by atoms with van der Waals surface area (Å²) in [6.45, 7) is 1.79. The van der Waals surface area contributed by atoms with Gasteiger partial charge in [-0.1, -0.05) is 29.3 Å². The highest BCUT2D eigenvalue weighted by atomic mass is 35.5. The van der Waals surface area contributed by atoms with E-state index in [4.69, 9.17) is 23.2 Å². The lowest BCUT2D eigenvalue weighted by Crippen LogP contribution is -2.18. The van der Waals surface area contributed by atoms with E-state index >= 15 is 0 Å². The first kappa shape index (κ1) is 15.3. The van der Waals surface area contributed by atoms with E-state index in [1.54, 1.807) is 25.1 Å². The highest BCUT2D eigenvalue weighted by Crippen LogP contribution is 2.31. The summed E-state index contributed by atoms with van der Waals surface area (Å²) in [5, 5.41) is 3.15. The number of hydrogen-bond acceptors (Lipinski definition) is 4. The number of halogens is 2. The van der Waals surface area contributed by atoms with Crippen molar-refractivity contribution < 1.29 is 13.2 Å². The molecule has 1 N–H and O–H groups in total. The van der Waals surface area contributed by atoms with Gasteiger partial charge in [0.1, 0.15) is 5.69 Å². The molecule has 22 heavy (non-hydrogen) atoms. The summed E-state index contributed by atoms with van der Waals surface area (Å²) >= 11 is 12.0. The summed E-state index contributed by atoms with van der Waals surface area (Å²) in [6, 6.07) is 4.86. The Bertz CT molecular complexity index is 870. The first-order valence-electron chi connectivity index (χ1n) is 6.36. The fourth-order valence-corrected chi connectivity index (χ4v) is 4.26. The number of nitrogens with zero attached hydrogens (tertiary/aromatic N) is 2. The fourth-order valence-electron chi connectivity index (χ4n) is 2.37. The van der Waals surface area contributed by atoms with Gasteiger partial charge in [-0.2, -0.15) is 0 Å². The summed E-state index contributed by atoms with van der Waals surface area (Å²) in [4.78, 5) is 16.5. The van der Waals surface area contributed by atoms with Crippen LogP contribution in [0.4, 0.5) is 5.69 Å². The zero-order valence-electron chi connectivity index (χ0n) is 11.4. The molecule has 1 aromatic heterocycles. The van der Waals surface area contributed by atoms with Crippen LogP contribution >= 0.6 is 23.2 Å². The lowest BCUT2D eigenvalue weighted by atomic mass is 10.2. The number of fused-ring (bicyclic) bond motifs is 1. The Morgan fingerprint density at radius 2 is 1.95 bits per heavy atom. The number of aromatic nitrogens is 2. The number of amides is 1. The van der Waals surface area contributed by atoms with Crippen molar-refractivity contribution in [2.75, 3.05) is 11.1 Å². The predicted molar refractivity (Wildman–Crippen MR) is 83.4 cm³/mol. The van der Waals surface area contributed by atoms with Crippen molar-refractivity contribution >= 4 is 44.6 Å². The highest BCUT2D eigenvalue weighted by Gasteiger charge is 2.34. The van der Waals surface area contributed by atoms with Crippen LogP contribution in [0.3, 0.4) is 0 Å². The number of carbonyl (C=O) groups is 1. The quantitative estimate of drug-likeness (QED) is 0.893. The van der Waals surface area contributed by atoms with Gasteiger partial charge in [0, 0.05) is 6.54 Å². The summed E-state index contributed by atoms with van der Waals surface area (Å²) in [7, 11) is -3.41. The maximum atomic E-state index is 12.5. The number of anilines is 1. The van der Waals surface area contributed by atoms with Crippen LogP contribution in [0.2, 0.25) is 10.0 Å². The molecular weight excluding hydrogens is 349 g/mol. The minimum atomic E-state index is -3.41. The van der Waals surface area contributed by atoms with Gasteiger partial charge in [-0.25, -0.2) is 13.4 Å². The molecule has 0 saturated heterocycles. The minimum Gasteiger partial charge on any atom is -0.318 e. The maximum Gasteiger partial charge on any atom is 0.274 e. The SMILES string of the molecule is Cc1nc2n(c1C(=O)Nc1c(Cl)cccc1Cl)CCS2(=O)=O. The Labute approximate surface area is 137 Å². The largest absolute Gasteiger partial charge is 0.318 e. The molecule has 0 spiro atoms. The topological polar surface area (TPSA) is 81.1 Å². The number of nitrogens with one attached hydrogen (secondary N) is 1. The normalized spacial score (nSPS) is 15.6. The van der Waals surface area contributed by atoms with Crippen LogP contribution in [0.15, 0.2) is 23.4 Å². The minimum absolute atomic E-state index is 0.0528. The number of sulfone groups is 1. The van der Waals surface area contributed by atoms with Crippen LogP contribution in [-0.2, 0) is 16.4 Å². The van der Waals surface area contributed by atoms with Gasteiger partial charge in [-0.15, -0.1) is 0 Å². The Hall–Kier alpha value is -1.57. The van der Waals surface area contributed by atoms with Crippen LogP contribution in [0.5, 0.6) is 0 Å². The fraction of sp³-hybridized carbons (Fsp3) is 0.231. The number of rotatable bonds is 2. The van der Waals surface area contributed by atoms with E-state index < -0.39 is 15.7 Å². The van der Waals surface area contributed by atoms with E-state index in [-0.39, 0.29) is 28.8 Å². The van der Waals surface area contributed by atoms with E-state index in [1.807, 2.05) is 0 Å². The maximum absolute atomic E-state index is 12.5. The number of para-hydroxylation sites is 1. The number of imidazole rings is 1. The van der Waals surface area contributed by atoms with E-state index in [2.05, 4.69) is 10.3 Å². The number of hydrogen-bond donors (Lipinski definition) is 1. The molecule has 6 nitrogen and oxygen atoms in total. The van der Waals surface area contributed by atoms with Gasteiger partial charge in [0.15, 0.2) is 0 Å². The molecule has 1 aromatic carbocycles. The second kappa shape index (κ2) is 5.26. The first-order valence-corrected chi connectivity index (χ1v) is 8.77. The average Bonchev–Trinajstić information content (AvgIpc) is 2.91. The molecule has 1 aliphatic heterocycles. The number of aryl methyl sites for hydroxylation is 1. The molecule has 3 rings (SSSR count). The van der Waals surface area contributed by atoms with Crippen LogP contribution in [0.1, 0.15) is 16.2 Å². The second-order valence-electron chi connectivity index (χ2n) is 4.85. The van der Waals surface area contributed by atoms with Gasteiger partial charge in [-0.05, 0) is 19.1 Å². The molecule has 0 saturated carbocycles. The van der Waals surface area contributed by atoms with Crippen LogP contribution in [-0.4, -0.2) is 29.6 Å². The van der Waals surface area contributed by atoms with E-state index in [1.165, 1.54) is 4.57 Å². The standard InChI is InChI=1S/C13H11Cl2N3O3S/c1-7-11(18-5-6-22(20,21)13(18)16-7)12(19)17-10-8(14)3-2-4-9(10)15/h2-4H,5-6H2,1H3,(H,17,19). The van der Waals surface area contributed by atoms with E-state index in [0.717, 1.165) is 0 Å². The van der Waals surface area contributed by atoms with Gasteiger partial charge in [-0.3, -0.25) is 4.79 Å².